The van der Waals surface area contributed by atoms with Gasteiger partial charge in [-0.15, -0.1) is 0 Å². The maximum atomic E-state index is 11.8. The summed E-state index contributed by atoms with van der Waals surface area (Å²) in [5.74, 6) is -1.04. The van der Waals surface area contributed by atoms with Crippen molar-refractivity contribution < 1.29 is 35.4 Å². The average Bonchev–Trinajstić information content (AvgIpc) is 2.51. The molecule has 0 saturated heterocycles. The van der Waals surface area contributed by atoms with Gasteiger partial charge < -0.3 is 36.0 Å². The van der Waals surface area contributed by atoms with Crippen molar-refractivity contribution in [1.82, 2.24) is 5.32 Å². The molecule has 3 atom stereocenters. The molecule has 0 saturated carbocycles. The molecular formula is C14H21NO7. The van der Waals surface area contributed by atoms with E-state index in [0.29, 0.717) is 0 Å². The molecule has 0 fully saturated rings. The minimum atomic E-state index is -1.81. The topological polar surface area (TPSA) is 150 Å². The lowest BCUT2D eigenvalue weighted by Gasteiger charge is -2.21. The van der Waals surface area contributed by atoms with Crippen LogP contribution in [-0.4, -0.2) is 74.4 Å². The number of aliphatic hydroxyl groups excluding tert-OH is 4. The maximum absolute atomic E-state index is 11.8. The van der Waals surface area contributed by atoms with Gasteiger partial charge in [0.05, 0.1) is 19.3 Å². The fraction of sp³-hybridized carbons (Fsp3) is 0.500. The predicted molar refractivity (Wildman–Crippen MR) is 76.5 cm³/mol. The Morgan fingerprint density at radius 1 is 1.09 bits per heavy atom. The van der Waals surface area contributed by atoms with Crippen LogP contribution in [-0.2, 0) is 11.2 Å². The Kier molecular flexibility index (Phi) is 7.22. The summed E-state index contributed by atoms with van der Waals surface area (Å²) in [6, 6.07) is 3.16. The summed E-state index contributed by atoms with van der Waals surface area (Å²) in [5.41, 5.74) is 0.287. The molecule has 0 aliphatic rings. The van der Waals surface area contributed by atoms with Crippen LogP contribution in [0, 0.1) is 0 Å². The molecule has 0 unspecified atom stereocenters. The molecule has 0 aromatic heterocycles. The summed E-state index contributed by atoms with van der Waals surface area (Å²) in [7, 11) is 0. The molecule has 8 nitrogen and oxygen atoms in total. The molecule has 0 aliphatic carbocycles. The lowest BCUT2D eigenvalue weighted by molar-refractivity contribution is -0.137. The molecule has 8 heteroatoms. The minimum Gasteiger partial charge on any atom is -0.508 e. The van der Waals surface area contributed by atoms with Gasteiger partial charge >= 0.3 is 0 Å². The second kappa shape index (κ2) is 8.66. The fourth-order valence-corrected chi connectivity index (χ4v) is 1.94. The minimum absolute atomic E-state index is 0.0931. The van der Waals surface area contributed by atoms with E-state index in [9.17, 15) is 25.2 Å². The van der Waals surface area contributed by atoms with Crippen LogP contribution in [0.4, 0.5) is 0 Å². The molecule has 0 amide bonds. The molecule has 0 aliphatic heterocycles. The standard InChI is InChI=1S/C14H21NO7/c16-6-9(13(21)14(22)12(20)7-17)15-5-4-8-10(18)2-1-3-11(8)19/h1-3,9,12,14-20,22H,4-7H2/t9-,12-,14-/m1/s1. The Hall–Kier alpha value is -1.71. The van der Waals surface area contributed by atoms with Gasteiger partial charge in [0.25, 0.3) is 0 Å². The van der Waals surface area contributed by atoms with Crippen molar-refractivity contribution in [2.45, 2.75) is 24.7 Å². The van der Waals surface area contributed by atoms with Gasteiger partial charge in [-0.3, -0.25) is 4.79 Å². The van der Waals surface area contributed by atoms with E-state index in [4.69, 9.17) is 10.2 Å². The van der Waals surface area contributed by atoms with Gasteiger partial charge in [0.15, 0.2) is 5.78 Å². The largest absolute Gasteiger partial charge is 0.508 e. The highest BCUT2D eigenvalue weighted by Crippen LogP contribution is 2.26. The lowest BCUT2D eigenvalue weighted by atomic mass is 10.0. The van der Waals surface area contributed by atoms with E-state index in [1.54, 1.807) is 0 Å². The summed E-state index contributed by atoms with van der Waals surface area (Å²) >= 11 is 0. The molecule has 0 bridgehead atoms. The number of Topliss-reactive ketones (excluding diaryl/α,β-unsaturated/α-hetero) is 1. The summed E-state index contributed by atoms with van der Waals surface area (Å²) < 4.78 is 0. The van der Waals surface area contributed by atoms with Crippen LogP contribution in [0.1, 0.15) is 5.56 Å². The Balaban J connectivity index is 2.59. The van der Waals surface area contributed by atoms with E-state index in [0.717, 1.165) is 0 Å². The highest BCUT2D eigenvalue weighted by Gasteiger charge is 2.29. The summed E-state index contributed by atoms with van der Waals surface area (Å²) in [4.78, 5) is 11.8. The van der Waals surface area contributed by atoms with Crippen LogP contribution in [0.25, 0.3) is 0 Å². The number of ketones is 1. The molecule has 7 N–H and O–H groups in total. The van der Waals surface area contributed by atoms with E-state index >= 15 is 0 Å². The third kappa shape index (κ3) is 4.65. The molecule has 1 aromatic carbocycles. The van der Waals surface area contributed by atoms with Crippen molar-refractivity contribution in [3.63, 3.8) is 0 Å². The molecule has 1 aromatic rings. The highest BCUT2D eigenvalue weighted by atomic mass is 16.4. The van der Waals surface area contributed by atoms with Crippen LogP contribution in [0.2, 0.25) is 0 Å². The first-order chi connectivity index (χ1) is 10.4. The van der Waals surface area contributed by atoms with E-state index < -0.39 is 37.2 Å². The van der Waals surface area contributed by atoms with Crippen molar-refractivity contribution in [3.8, 4) is 11.5 Å². The molecular weight excluding hydrogens is 294 g/mol. The lowest BCUT2D eigenvalue weighted by Crippen LogP contribution is -2.50. The number of carbonyl (C=O) groups excluding carboxylic acids is 1. The molecule has 1 rings (SSSR count). The van der Waals surface area contributed by atoms with Crippen molar-refractivity contribution in [2.75, 3.05) is 19.8 Å². The summed E-state index contributed by atoms with van der Waals surface area (Å²) in [6.45, 7) is -1.26. The van der Waals surface area contributed by atoms with Crippen LogP contribution in [0.15, 0.2) is 18.2 Å². The summed E-state index contributed by atoms with van der Waals surface area (Å²) in [6.07, 6.45) is -3.25. The quantitative estimate of drug-likeness (QED) is 0.273. The van der Waals surface area contributed by atoms with Crippen LogP contribution >= 0.6 is 0 Å². The number of benzene rings is 1. The highest BCUT2D eigenvalue weighted by molar-refractivity contribution is 5.88. The van der Waals surface area contributed by atoms with Crippen molar-refractivity contribution in [1.29, 1.82) is 0 Å². The number of hydrogen-bond acceptors (Lipinski definition) is 8. The SMILES string of the molecule is O=C([C@@H](CO)NCCc1c(O)cccc1O)[C@H](O)[C@H](O)CO. The Morgan fingerprint density at radius 2 is 1.68 bits per heavy atom. The van der Waals surface area contributed by atoms with Gasteiger partial charge in [0, 0.05) is 12.1 Å². The second-order valence-electron chi connectivity index (χ2n) is 4.81. The molecule has 0 radical (unpaired) electrons. The number of carbonyl (C=O) groups is 1. The van der Waals surface area contributed by atoms with E-state index in [2.05, 4.69) is 5.32 Å². The Morgan fingerprint density at radius 3 is 2.18 bits per heavy atom. The van der Waals surface area contributed by atoms with Gasteiger partial charge in [0.2, 0.25) is 0 Å². The first-order valence-electron chi connectivity index (χ1n) is 6.77. The van der Waals surface area contributed by atoms with Gasteiger partial charge in [-0.1, -0.05) is 6.07 Å². The van der Waals surface area contributed by atoms with Crippen LogP contribution < -0.4 is 5.32 Å². The van der Waals surface area contributed by atoms with Crippen LogP contribution in [0.5, 0.6) is 11.5 Å². The predicted octanol–water partition coefficient (Wildman–Crippen LogP) is -2.13. The van der Waals surface area contributed by atoms with Crippen molar-refractivity contribution in [3.05, 3.63) is 23.8 Å². The smallest absolute Gasteiger partial charge is 0.183 e. The first kappa shape index (κ1) is 18.3. The van der Waals surface area contributed by atoms with Crippen molar-refractivity contribution >= 4 is 5.78 Å². The average molecular weight is 315 g/mol. The molecule has 0 spiro atoms. The third-order valence-corrected chi connectivity index (χ3v) is 3.26. The Labute approximate surface area is 127 Å². The maximum Gasteiger partial charge on any atom is 0.183 e. The molecule has 0 heterocycles. The number of phenols is 2. The van der Waals surface area contributed by atoms with E-state index in [-0.39, 0.29) is 30.0 Å². The van der Waals surface area contributed by atoms with Gasteiger partial charge in [-0.2, -0.15) is 0 Å². The van der Waals surface area contributed by atoms with Crippen molar-refractivity contribution in [2.24, 2.45) is 0 Å². The number of aromatic hydroxyl groups is 2. The summed E-state index contributed by atoms with van der Waals surface area (Å²) in [5, 5.41) is 58.5. The number of phenolic OH excluding ortho intramolecular Hbond substituents is 2. The fourth-order valence-electron chi connectivity index (χ4n) is 1.94. The first-order valence-corrected chi connectivity index (χ1v) is 6.77. The number of aliphatic hydroxyl groups is 4. The third-order valence-electron chi connectivity index (χ3n) is 3.26. The normalized spacial score (nSPS) is 15.3. The Bertz CT molecular complexity index is 474. The van der Waals surface area contributed by atoms with Crippen LogP contribution in [0.3, 0.4) is 0 Å². The van der Waals surface area contributed by atoms with E-state index in [1.807, 2.05) is 0 Å². The molecule has 124 valence electrons. The number of hydrogen-bond donors (Lipinski definition) is 7. The zero-order valence-electron chi connectivity index (χ0n) is 11.9. The van der Waals surface area contributed by atoms with Gasteiger partial charge in [-0.25, -0.2) is 0 Å². The number of rotatable bonds is 9. The van der Waals surface area contributed by atoms with E-state index in [1.165, 1.54) is 18.2 Å². The van der Waals surface area contributed by atoms with Gasteiger partial charge in [-0.05, 0) is 18.6 Å². The molecule has 22 heavy (non-hydrogen) atoms. The number of nitrogens with one attached hydrogen (secondary N) is 1. The monoisotopic (exact) mass is 315 g/mol. The zero-order chi connectivity index (χ0) is 16.7. The van der Waals surface area contributed by atoms with Gasteiger partial charge in [0.1, 0.15) is 23.7 Å². The zero-order valence-corrected chi connectivity index (χ0v) is 11.9. The second-order valence-corrected chi connectivity index (χ2v) is 4.81.